The molecule has 1 atom stereocenters. The van der Waals surface area contributed by atoms with Gasteiger partial charge in [0.05, 0.1) is 0 Å². The SMILES string of the molecule is C[O][Sn]([O]C)([O]C)[c]1ccccc1C(C)N. The molecule has 0 heterocycles. The Morgan fingerprint density at radius 2 is 1.56 bits per heavy atom. The van der Waals surface area contributed by atoms with Crippen molar-refractivity contribution in [3.8, 4) is 0 Å². The number of benzene rings is 1. The molecule has 0 radical (unpaired) electrons. The van der Waals surface area contributed by atoms with Gasteiger partial charge in [-0.3, -0.25) is 0 Å². The summed E-state index contributed by atoms with van der Waals surface area (Å²) in [6.45, 7) is 1.94. The molecule has 2 N–H and O–H groups in total. The maximum absolute atomic E-state index is 5.94. The average molecular weight is 332 g/mol. The molecule has 0 amide bonds. The average Bonchev–Trinajstić information content (AvgIpc) is 2.32. The minimum absolute atomic E-state index is 0.0623. The van der Waals surface area contributed by atoms with Crippen LogP contribution in [0.2, 0.25) is 0 Å². The fraction of sp³-hybridized carbons (Fsp3) is 0.455. The number of hydrogen-bond donors (Lipinski definition) is 1. The summed E-state index contributed by atoms with van der Waals surface area (Å²) < 4.78 is 17.6. The van der Waals surface area contributed by atoms with Crippen LogP contribution in [0.25, 0.3) is 0 Å². The van der Waals surface area contributed by atoms with E-state index in [0.717, 1.165) is 9.14 Å². The quantitative estimate of drug-likeness (QED) is 0.811. The summed E-state index contributed by atoms with van der Waals surface area (Å²) in [5, 5.41) is 0. The van der Waals surface area contributed by atoms with Crippen molar-refractivity contribution < 1.29 is 9.22 Å². The third kappa shape index (κ3) is 2.57. The van der Waals surface area contributed by atoms with Crippen LogP contribution >= 0.6 is 0 Å². The van der Waals surface area contributed by atoms with Gasteiger partial charge in [-0.25, -0.2) is 0 Å². The van der Waals surface area contributed by atoms with Gasteiger partial charge in [-0.1, -0.05) is 0 Å². The molecule has 0 aromatic heterocycles. The van der Waals surface area contributed by atoms with E-state index >= 15 is 0 Å². The third-order valence-corrected chi connectivity index (χ3v) is 10.4. The van der Waals surface area contributed by atoms with Crippen LogP contribution in [0.1, 0.15) is 18.5 Å². The van der Waals surface area contributed by atoms with Gasteiger partial charge < -0.3 is 0 Å². The van der Waals surface area contributed by atoms with Crippen molar-refractivity contribution in [3.63, 3.8) is 0 Å². The fourth-order valence-corrected chi connectivity index (χ4v) is 7.82. The van der Waals surface area contributed by atoms with Gasteiger partial charge in [-0.05, 0) is 0 Å². The molecule has 1 aromatic carbocycles. The molecule has 1 unspecified atom stereocenters. The summed E-state index contributed by atoms with van der Waals surface area (Å²) >= 11 is -3.60. The van der Waals surface area contributed by atoms with E-state index in [4.69, 9.17) is 15.0 Å². The van der Waals surface area contributed by atoms with E-state index in [1.54, 1.807) is 21.3 Å². The summed E-state index contributed by atoms with van der Waals surface area (Å²) in [5.41, 5.74) is 6.97. The number of rotatable bonds is 5. The van der Waals surface area contributed by atoms with Crippen molar-refractivity contribution in [1.29, 1.82) is 0 Å². The van der Waals surface area contributed by atoms with Crippen molar-refractivity contribution in [2.24, 2.45) is 5.73 Å². The molecule has 0 aliphatic heterocycles. The van der Waals surface area contributed by atoms with E-state index < -0.39 is 19.6 Å². The van der Waals surface area contributed by atoms with Gasteiger partial charge in [0.2, 0.25) is 0 Å². The van der Waals surface area contributed by atoms with Gasteiger partial charge in [0, 0.05) is 0 Å². The van der Waals surface area contributed by atoms with Gasteiger partial charge in [-0.2, -0.15) is 0 Å². The van der Waals surface area contributed by atoms with E-state index in [-0.39, 0.29) is 6.04 Å². The Balaban J connectivity index is 3.29. The van der Waals surface area contributed by atoms with E-state index in [1.165, 1.54) is 0 Å². The van der Waals surface area contributed by atoms with E-state index in [2.05, 4.69) is 0 Å². The van der Waals surface area contributed by atoms with Gasteiger partial charge in [0.1, 0.15) is 0 Å². The molecule has 0 saturated carbocycles. The molecule has 1 aromatic rings. The summed E-state index contributed by atoms with van der Waals surface area (Å²) in [4.78, 5) is 0. The second-order valence-corrected chi connectivity index (χ2v) is 11.8. The monoisotopic (exact) mass is 333 g/mol. The normalized spacial score (nSPS) is 13.8. The van der Waals surface area contributed by atoms with Crippen LogP contribution in [0.15, 0.2) is 24.3 Å². The molecule has 90 valence electrons. The van der Waals surface area contributed by atoms with Crippen molar-refractivity contribution >= 4 is 23.2 Å². The van der Waals surface area contributed by atoms with E-state index in [0.29, 0.717) is 0 Å². The predicted octanol–water partition coefficient (Wildman–Crippen LogP) is 0.791. The first-order valence-electron chi connectivity index (χ1n) is 5.11. The molecule has 4 nitrogen and oxygen atoms in total. The van der Waals surface area contributed by atoms with E-state index in [1.807, 2.05) is 31.2 Å². The first-order chi connectivity index (χ1) is 7.61. The summed E-state index contributed by atoms with van der Waals surface area (Å²) in [5.74, 6) is 0. The molecule has 0 spiro atoms. The van der Waals surface area contributed by atoms with Crippen molar-refractivity contribution in [1.82, 2.24) is 0 Å². The zero-order chi connectivity index (χ0) is 12.2. The summed E-state index contributed by atoms with van der Waals surface area (Å²) in [6, 6.07) is 7.81. The molecular formula is C11H19NO3Sn. The standard InChI is InChI=1S/C8H10N.3CH3O.Sn/c1-7(9)8-5-3-2-4-6-8;3*1-2;/h2-5,7H,9H2,1H3;3*1H3;/q;3*-1;+3. The van der Waals surface area contributed by atoms with Crippen LogP contribution in [-0.4, -0.2) is 40.9 Å². The van der Waals surface area contributed by atoms with Gasteiger partial charge >= 0.3 is 102 Å². The maximum atomic E-state index is 5.94. The molecular weight excluding hydrogens is 313 g/mol. The number of nitrogens with two attached hydrogens (primary N) is 1. The molecule has 1 rings (SSSR count). The Hall–Kier alpha value is -0.141. The van der Waals surface area contributed by atoms with Gasteiger partial charge in [0.15, 0.2) is 0 Å². The van der Waals surface area contributed by atoms with Crippen LogP contribution in [0.5, 0.6) is 0 Å². The van der Waals surface area contributed by atoms with Crippen LogP contribution in [-0.2, 0) is 9.22 Å². The first-order valence-corrected chi connectivity index (χ1v) is 10.0. The molecule has 0 aliphatic carbocycles. The Morgan fingerprint density at radius 3 is 2.00 bits per heavy atom. The van der Waals surface area contributed by atoms with Crippen molar-refractivity contribution in [2.45, 2.75) is 13.0 Å². The zero-order valence-corrected chi connectivity index (χ0v) is 13.0. The van der Waals surface area contributed by atoms with E-state index in [9.17, 15) is 0 Å². The zero-order valence-electron chi connectivity index (χ0n) is 10.2. The molecule has 16 heavy (non-hydrogen) atoms. The third-order valence-electron chi connectivity index (χ3n) is 2.59. The molecule has 0 aliphatic rings. The van der Waals surface area contributed by atoms with Gasteiger partial charge in [-0.15, -0.1) is 0 Å². The van der Waals surface area contributed by atoms with Crippen LogP contribution in [0.3, 0.4) is 0 Å². The number of hydrogen-bond acceptors (Lipinski definition) is 4. The molecule has 5 heteroatoms. The molecule has 0 saturated heterocycles. The second-order valence-electron chi connectivity index (χ2n) is 3.54. The summed E-state index contributed by atoms with van der Waals surface area (Å²) in [7, 11) is 4.88. The fourth-order valence-electron chi connectivity index (χ4n) is 1.75. The van der Waals surface area contributed by atoms with Crippen LogP contribution in [0.4, 0.5) is 0 Å². The molecule has 0 fully saturated rings. The Kier molecular flexibility index (Phi) is 5.20. The predicted molar refractivity (Wildman–Crippen MR) is 65.5 cm³/mol. The van der Waals surface area contributed by atoms with Crippen LogP contribution in [0, 0.1) is 0 Å². The van der Waals surface area contributed by atoms with Crippen molar-refractivity contribution in [2.75, 3.05) is 21.3 Å². The Bertz CT molecular complexity index is 331. The Labute approximate surface area is 102 Å². The first kappa shape index (κ1) is 13.9. The van der Waals surface area contributed by atoms with Gasteiger partial charge in [0.25, 0.3) is 0 Å². The summed E-state index contributed by atoms with van der Waals surface area (Å²) in [6.07, 6.45) is 0. The minimum atomic E-state index is -3.60. The van der Waals surface area contributed by atoms with Crippen molar-refractivity contribution in [3.05, 3.63) is 29.8 Å². The molecule has 0 bridgehead atoms. The second kappa shape index (κ2) is 5.97. The van der Waals surface area contributed by atoms with Crippen LogP contribution < -0.4 is 9.31 Å². The topological polar surface area (TPSA) is 53.7 Å². The Morgan fingerprint density at radius 1 is 1.06 bits per heavy atom.